The number of nitrogens with zero attached hydrogens (tertiary/aromatic N) is 3. The molecule has 0 aliphatic carbocycles. The van der Waals surface area contributed by atoms with E-state index in [1.807, 2.05) is 26.0 Å². The number of carbonyl (C=O) groups excluding carboxylic acids is 1. The van der Waals surface area contributed by atoms with Gasteiger partial charge in [-0.25, -0.2) is 0 Å². The van der Waals surface area contributed by atoms with Crippen molar-refractivity contribution in [3.8, 4) is 6.07 Å². The Morgan fingerprint density at radius 1 is 1.26 bits per heavy atom. The highest BCUT2D eigenvalue weighted by atomic mass is 32.2. The first-order chi connectivity index (χ1) is 12.7. The Morgan fingerprint density at radius 3 is 2.48 bits per heavy atom. The molecule has 0 saturated carbocycles. The van der Waals surface area contributed by atoms with E-state index in [0.717, 1.165) is 5.69 Å². The van der Waals surface area contributed by atoms with E-state index in [1.165, 1.54) is 28.7 Å². The third-order valence-electron chi connectivity index (χ3n) is 4.35. The predicted octanol–water partition coefficient (Wildman–Crippen LogP) is 4.55. The van der Waals surface area contributed by atoms with Gasteiger partial charge in [-0.2, -0.15) is 5.26 Å². The Hall–Kier alpha value is -2.11. The molecule has 0 saturated heterocycles. The first-order valence-corrected chi connectivity index (χ1v) is 10.6. The van der Waals surface area contributed by atoms with Crippen molar-refractivity contribution >= 4 is 39.8 Å². The van der Waals surface area contributed by atoms with Crippen molar-refractivity contribution in [2.45, 2.75) is 50.4 Å². The highest BCUT2D eigenvalue weighted by molar-refractivity contribution is 8.01. The fraction of sp³-hybridized carbons (Fsp3) is 0.474. The van der Waals surface area contributed by atoms with Gasteiger partial charge in [0, 0.05) is 5.69 Å². The molecule has 0 radical (unpaired) electrons. The molecule has 0 fully saturated rings. The Labute approximate surface area is 168 Å². The molecule has 2 N–H and O–H groups in total. The van der Waals surface area contributed by atoms with Gasteiger partial charge in [-0.3, -0.25) is 4.79 Å². The molecule has 0 spiro atoms. The lowest BCUT2D eigenvalue weighted by molar-refractivity contribution is -0.120. The maximum atomic E-state index is 12.1. The van der Waals surface area contributed by atoms with Crippen molar-refractivity contribution in [2.75, 3.05) is 11.1 Å². The molecule has 2 aromatic rings. The number of thioether (sulfide) groups is 1. The summed E-state index contributed by atoms with van der Waals surface area (Å²) in [4.78, 5) is 12.1. The van der Waals surface area contributed by atoms with E-state index in [9.17, 15) is 10.1 Å². The van der Waals surface area contributed by atoms with E-state index in [1.54, 1.807) is 6.92 Å². The van der Waals surface area contributed by atoms with E-state index < -0.39 is 5.54 Å². The van der Waals surface area contributed by atoms with Crippen LogP contribution in [0.2, 0.25) is 0 Å². The molecule has 1 aromatic heterocycles. The lowest BCUT2D eigenvalue weighted by Crippen LogP contribution is -2.49. The topological polar surface area (TPSA) is 90.7 Å². The summed E-state index contributed by atoms with van der Waals surface area (Å²) in [5.74, 6) is 0.526. The molecule has 1 amide bonds. The minimum Gasteiger partial charge on any atom is -0.337 e. The molecule has 0 unspecified atom stereocenters. The molecule has 1 atom stereocenters. The predicted molar refractivity (Wildman–Crippen MR) is 111 cm³/mol. The zero-order valence-corrected chi connectivity index (χ0v) is 17.9. The summed E-state index contributed by atoms with van der Waals surface area (Å²) in [6, 6.07) is 10.4. The second kappa shape index (κ2) is 9.20. The van der Waals surface area contributed by atoms with Crippen molar-refractivity contribution in [1.29, 1.82) is 5.26 Å². The zero-order chi connectivity index (χ0) is 20.0. The minimum atomic E-state index is -0.867. The second-order valence-corrected chi connectivity index (χ2v) is 9.28. The van der Waals surface area contributed by atoms with Gasteiger partial charge >= 0.3 is 0 Å². The number of hydrogen-bond acceptors (Lipinski definition) is 7. The van der Waals surface area contributed by atoms with Gasteiger partial charge in [0.2, 0.25) is 11.0 Å². The van der Waals surface area contributed by atoms with Crippen LogP contribution < -0.4 is 10.6 Å². The van der Waals surface area contributed by atoms with Crippen LogP contribution in [0.25, 0.3) is 0 Å². The summed E-state index contributed by atoms with van der Waals surface area (Å²) in [5.41, 5.74) is 1.37. The van der Waals surface area contributed by atoms with Crippen LogP contribution in [-0.2, 0) is 4.79 Å². The number of amides is 1. The highest BCUT2D eigenvalue weighted by Gasteiger charge is 2.29. The first-order valence-electron chi connectivity index (χ1n) is 8.79. The smallest absolute Gasteiger partial charge is 0.231 e. The number of aromatic nitrogens is 2. The number of nitrogens with one attached hydrogen (secondary N) is 2. The summed E-state index contributed by atoms with van der Waals surface area (Å²) in [5, 5.41) is 24.2. The van der Waals surface area contributed by atoms with Gasteiger partial charge in [0.1, 0.15) is 5.54 Å². The number of rotatable bonds is 8. The summed E-state index contributed by atoms with van der Waals surface area (Å²) in [6.45, 7) is 9.87. The van der Waals surface area contributed by atoms with Crippen molar-refractivity contribution < 1.29 is 4.79 Å². The maximum Gasteiger partial charge on any atom is 0.231 e. The van der Waals surface area contributed by atoms with E-state index >= 15 is 0 Å². The lowest BCUT2D eigenvalue weighted by atomic mass is 9.90. The molecule has 0 bridgehead atoms. The van der Waals surface area contributed by atoms with Gasteiger partial charge in [-0.15, -0.1) is 10.2 Å². The Bertz CT molecular complexity index is 810. The van der Waals surface area contributed by atoms with Crippen LogP contribution in [0.15, 0.2) is 28.6 Å². The summed E-state index contributed by atoms with van der Waals surface area (Å²) in [7, 11) is 0. The van der Waals surface area contributed by atoms with Crippen molar-refractivity contribution in [3.63, 3.8) is 0 Å². The number of anilines is 2. The highest BCUT2D eigenvalue weighted by Crippen LogP contribution is 2.28. The maximum absolute atomic E-state index is 12.1. The fourth-order valence-corrected chi connectivity index (χ4v) is 3.72. The standard InChI is InChI=1S/C19H25N5OS2/c1-12(2)14-6-8-15(9-7-14)21-17-23-24-18(27-17)26-10-16(25)22-19(5,11-20)13(3)4/h6-9,12-13H,10H2,1-5H3,(H,21,23)(H,22,25)/t19-/m0/s1. The van der Waals surface area contributed by atoms with Gasteiger partial charge in [0.25, 0.3) is 0 Å². The van der Waals surface area contributed by atoms with Crippen molar-refractivity contribution in [3.05, 3.63) is 29.8 Å². The van der Waals surface area contributed by atoms with E-state index in [0.29, 0.717) is 15.4 Å². The van der Waals surface area contributed by atoms with Gasteiger partial charge < -0.3 is 10.6 Å². The molecule has 144 valence electrons. The molecular formula is C19H25N5OS2. The van der Waals surface area contributed by atoms with Crippen molar-refractivity contribution in [2.24, 2.45) is 5.92 Å². The monoisotopic (exact) mass is 403 g/mol. The summed E-state index contributed by atoms with van der Waals surface area (Å²) in [6.07, 6.45) is 0. The molecular weight excluding hydrogens is 378 g/mol. The van der Waals surface area contributed by atoms with Crippen LogP contribution in [0, 0.1) is 17.2 Å². The number of benzene rings is 1. The van der Waals surface area contributed by atoms with Crippen LogP contribution in [-0.4, -0.2) is 27.4 Å². The Morgan fingerprint density at radius 2 is 1.93 bits per heavy atom. The average Bonchev–Trinajstić information content (AvgIpc) is 3.07. The van der Waals surface area contributed by atoms with E-state index in [-0.39, 0.29) is 17.6 Å². The van der Waals surface area contributed by atoms with Gasteiger partial charge in [-0.1, -0.05) is 62.9 Å². The average molecular weight is 404 g/mol. The van der Waals surface area contributed by atoms with Crippen LogP contribution in [0.5, 0.6) is 0 Å². The normalized spacial score (nSPS) is 13.3. The zero-order valence-electron chi connectivity index (χ0n) is 16.2. The number of carbonyl (C=O) groups is 1. The van der Waals surface area contributed by atoms with Gasteiger partial charge in [0.05, 0.1) is 11.8 Å². The number of hydrogen-bond donors (Lipinski definition) is 2. The summed E-state index contributed by atoms with van der Waals surface area (Å²) < 4.78 is 0.703. The molecule has 8 heteroatoms. The van der Waals surface area contributed by atoms with E-state index in [4.69, 9.17) is 0 Å². The molecule has 1 aromatic carbocycles. The van der Waals surface area contributed by atoms with E-state index in [2.05, 4.69) is 52.9 Å². The van der Waals surface area contributed by atoms with Crippen LogP contribution in [0.3, 0.4) is 0 Å². The number of nitriles is 1. The third kappa shape index (κ3) is 5.94. The van der Waals surface area contributed by atoms with Gasteiger partial charge in [-0.05, 0) is 36.5 Å². The first kappa shape index (κ1) is 21.2. The molecule has 2 rings (SSSR count). The Kier molecular flexibility index (Phi) is 7.22. The SMILES string of the molecule is CC(C)c1ccc(Nc2nnc(SCC(=O)N[C@@](C)(C#N)C(C)C)s2)cc1. The van der Waals surface area contributed by atoms with Gasteiger partial charge in [0.15, 0.2) is 4.34 Å². The van der Waals surface area contributed by atoms with Crippen LogP contribution in [0.4, 0.5) is 10.8 Å². The molecule has 6 nitrogen and oxygen atoms in total. The Balaban J connectivity index is 1.89. The van der Waals surface area contributed by atoms with Crippen LogP contribution in [0.1, 0.15) is 46.1 Å². The van der Waals surface area contributed by atoms with Crippen LogP contribution >= 0.6 is 23.1 Å². The second-order valence-electron chi connectivity index (χ2n) is 7.08. The molecule has 0 aliphatic rings. The lowest BCUT2D eigenvalue weighted by Gasteiger charge is -2.27. The minimum absolute atomic E-state index is 0.0240. The summed E-state index contributed by atoms with van der Waals surface area (Å²) >= 11 is 2.71. The molecule has 27 heavy (non-hydrogen) atoms. The molecule has 0 aliphatic heterocycles. The van der Waals surface area contributed by atoms with Crippen molar-refractivity contribution in [1.82, 2.24) is 15.5 Å². The third-order valence-corrected chi connectivity index (χ3v) is 6.32. The fourth-order valence-electron chi connectivity index (χ4n) is 2.15. The molecule has 1 heterocycles. The largest absolute Gasteiger partial charge is 0.337 e. The quantitative estimate of drug-likeness (QED) is 0.628.